The van der Waals surface area contributed by atoms with Crippen LogP contribution in [0.5, 0.6) is 17.2 Å². The number of hydrogen-bond donors (Lipinski definition) is 5. The number of carbonyl (C=O) groups excluding carboxylic acids is 1. The number of carboxylic acids is 1. The van der Waals surface area contributed by atoms with Crippen LogP contribution in [-0.2, 0) is 16.1 Å². The first-order chi connectivity index (χ1) is 15.8. The van der Waals surface area contributed by atoms with Gasteiger partial charge >= 0.3 is 18.2 Å². The summed E-state index contributed by atoms with van der Waals surface area (Å²) < 4.78 is 42.5. The van der Waals surface area contributed by atoms with Gasteiger partial charge in [0.1, 0.15) is 23.3 Å². The quantitative estimate of drug-likeness (QED) is 0.364. The number of nitrogens with one attached hydrogen (secondary N) is 2. The minimum absolute atomic E-state index is 0.156. The van der Waals surface area contributed by atoms with E-state index in [2.05, 4.69) is 10.6 Å². The molecule has 2 rings (SSSR count). The molecular formula is C20H21ClF3N3O7. The Balaban J connectivity index is 0.000000718. The fourth-order valence-corrected chi connectivity index (χ4v) is 2.31. The maximum Gasteiger partial charge on any atom is 0.490 e. The highest BCUT2D eigenvalue weighted by molar-refractivity contribution is 6.32. The maximum absolute atomic E-state index is 11.8. The predicted molar refractivity (Wildman–Crippen MR) is 114 cm³/mol. The average molecular weight is 508 g/mol. The molecule has 0 heterocycles. The zero-order valence-electron chi connectivity index (χ0n) is 17.6. The van der Waals surface area contributed by atoms with Gasteiger partial charge in [0.25, 0.3) is 0 Å². The summed E-state index contributed by atoms with van der Waals surface area (Å²) in [6.07, 6.45) is -6.31. The molecule has 0 aromatic heterocycles. The summed E-state index contributed by atoms with van der Waals surface area (Å²) in [5.74, 6) is -1.49. The van der Waals surface area contributed by atoms with Gasteiger partial charge in [-0.1, -0.05) is 23.7 Å². The minimum Gasteiger partial charge on any atom is -0.497 e. The van der Waals surface area contributed by atoms with Crippen molar-refractivity contribution in [3.8, 4) is 17.2 Å². The number of amides is 2. The standard InChI is InChI=1S/C18H20ClN3O5.C2HF3O2/c1-26-13-6-7-16(14(19)8-13)27-12-4-2-11(3-5-12)9-21-17(23)15(20)10-22-18(24)25;3-2(4,5)1(6)7/h2-8,15,22H,9-10,20H2,1H3,(H,21,23)(H,24,25);(H,6,7). The molecule has 186 valence electrons. The number of alkyl halides is 3. The van der Waals surface area contributed by atoms with Gasteiger partial charge in [0, 0.05) is 19.2 Å². The fourth-order valence-electron chi connectivity index (χ4n) is 2.10. The van der Waals surface area contributed by atoms with Crippen molar-refractivity contribution in [1.82, 2.24) is 10.6 Å². The number of nitrogens with two attached hydrogens (primary N) is 1. The second-order valence-corrected chi connectivity index (χ2v) is 6.76. The van der Waals surface area contributed by atoms with E-state index in [-0.39, 0.29) is 13.1 Å². The van der Waals surface area contributed by atoms with Crippen LogP contribution in [0.15, 0.2) is 42.5 Å². The van der Waals surface area contributed by atoms with E-state index in [9.17, 15) is 22.8 Å². The van der Waals surface area contributed by atoms with Gasteiger partial charge in [0.15, 0.2) is 0 Å². The lowest BCUT2D eigenvalue weighted by molar-refractivity contribution is -0.192. The van der Waals surface area contributed by atoms with Crippen molar-refractivity contribution in [2.45, 2.75) is 18.8 Å². The van der Waals surface area contributed by atoms with Crippen LogP contribution in [0.3, 0.4) is 0 Å². The molecule has 0 aliphatic heterocycles. The van der Waals surface area contributed by atoms with Crippen LogP contribution in [-0.4, -0.2) is 54.1 Å². The summed E-state index contributed by atoms with van der Waals surface area (Å²) in [6.45, 7) is 0.0970. The van der Waals surface area contributed by atoms with Gasteiger partial charge in [-0.05, 0) is 29.8 Å². The van der Waals surface area contributed by atoms with Crippen LogP contribution in [0, 0.1) is 0 Å². The molecule has 2 amide bonds. The lowest BCUT2D eigenvalue weighted by atomic mass is 10.2. The molecule has 0 bridgehead atoms. The largest absolute Gasteiger partial charge is 0.497 e. The van der Waals surface area contributed by atoms with Crippen molar-refractivity contribution in [3.05, 3.63) is 53.1 Å². The number of carboxylic acid groups (broad SMARTS) is 2. The number of hydrogen-bond acceptors (Lipinski definition) is 6. The Labute approximate surface area is 196 Å². The highest BCUT2D eigenvalue weighted by atomic mass is 35.5. The number of methoxy groups -OCH3 is 1. The Morgan fingerprint density at radius 2 is 1.62 bits per heavy atom. The zero-order valence-corrected chi connectivity index (χ0v) is 18.3. The normalized spacial score (nSPS) is 11.4. The number of rotatable bonds is 8. The van der Waals surface area contributed by atoms with E-state index in [1.165, 1.54) is 0 Å². The van der Waals surface area contributed by atoms with Gasteiger partial charge < -0.3 is 36.1 Å². The zero-order chi connectivity index (χ0) is 25.9. The topological polar surface area (TPSA) is 160 Å². The Morgan fingerprint density at radius 3 is 2.09 bits per heavy atom. The molecule has 0 spiro atoms. The maximum atomic E-state index is 11.8. The summed E-state index contributed by atoms with van der Waals surface area (Å²) in [5, 5.41) is 20.8. The van der Waals surface area contributed by atoms with E-state index in [1.807, 2.05) is 0 Å². The first-order valence-electron chi connectivity index (χ1n) is 9.24. The molecule has 0 aliphatic rings. The van der Waals surface area contributed by atoms with Gasteiger partial charge in [-0.3, -0.25) is 4.79 Å². The van der Waals surface area contributed by atoms with Crippen LogP contribution in [0.1, 0.15) is 5.56 Å². The first kappa shape index (κ1) is 28.3. The van der Waals surface area contributed by atoms with Crippen molar-refractivity contribution < 1.29 is 47.2 Å². The van der Waals surface area contributed by atoms with Gasteiger partial charge in [-0.15, -0.1) is 0 Å². The first-order valence-corrected chi connectivity index (χ1v) is 9.61. The molecule has 0 saturated heterocycles. The molecule has 14 heteroatoms. The van der Waals surface area contributed by atoms with E-state index in [0.717, 1.165) is 5.56 Å². The Kier molecular flexibility index (Phi) is 10.9. The lowest BCUT2D eigenvalue weighted by Crippen LogP contribution is -2.47. The van der Waals surface area contributed by atoms with E-state index in [1.54, 1.807) is 49.6 Å². The van der Waals surface area contributed by atoms with Gasteiger partial charge in [-0.25, -0.2) is 9.59 Å². The third-order valence-corrected chi connectivity index (χ3v) is 4.10. The van der Waals surface area contributed by atoms with Crippen molar-refractivity contribution >= 4 is 29.6 Å². The minimum atomic E-state index is -5.08. The summed E-state index contributed by atoms with van der Waals surface area (Å²) >= 11 is 6.14. The third kappa shape index (κ3) is 10.3. The Hall–Kier alpha value is -3.71. The number of carbonyl (C=O) groups is 3. The number of aliphatic carboxylic acids is 1. The van der Waals surface area contributed by atoms with E-state index < -0.39 is 30.2 Å². The SMILES string of the molecule is COc1ccc(Oc2ccc(CNC(=O)C(N)CNC(=O)O)cc2)c(Cl)c1.O=C(O)C(F)(F)F. The van der Waals surface area contributed by atoms with E-state index in [4.69, 9.17) is 41.8 Å². The fraction of sp³-hybridized carbons (Fsp3) is 0.250. The average Bonchev–Trinajstić information content (AvgIpc) is 2.77. The molecule has 10 nitrogen and oxygen atoms in total. The smallest absolute Gasteiger partial charge is 0.490 e. The van der Waals surface area contributed by atoms with Crippen molar-refractivity contribution in [2.75, 3.05) is 13.7 Å². The Bertz CT molecular complexity index is 988. The van der Waals surface area contributed by atoms with Gasteiger partial charge in [0.05, 0.1) is 12.1 Å². The molecular weight excluding hydrogens is 487 g/mol. The van der Waals surface area contributed by atoms with Crippen molar-refractivity contribution in [2.24, 2.45) is 5.73 Å². The summed E-state index contributed by atoms with van der Waals surface area (Å²) in [5.41, 5.74) is 6.42. The second kappa shape index (κ2) is 13.1. The molecule has 6 N–H and O–H groups in total. The molecule has 0 fully saturated rings. The summed E-state index contributed by atoms with van der Waals surface area (Å²) in [6, 6.07) is 11.2. The predicted octanol–water partition coefficient (Wildman–Crippen LogP) is 2.99. The van der Waals surface area contributed by atoms with Crippen LogP contribution in [0.25, 0.3) is 0 Å². The molecule has 0 aliphatic carbocycles. The number of benzene rings is 2. The van der Waals surface area contributed by atoms with Gasteiger partial charge in [-0.2, -0.15) is 13.2 Å². The molecule has 0 saturated carbocycles. The van der Waals surface area contributed by atoms with E-state index in [0.29, 0.717) is 22.3 Å². The summed E-state index contributed by atoms with van der Waals surface area (Å²) in [4.78, 5) is 31.1. The molecule has 2 aromatic carbocycles. The van der Waals surface area contributed by atoms with Crippen LogP contribution < -0.4 is 25.8 Å². The lowest BCUT2D eigenvalue weighted by Gasteiger charge is -2.12. The molecule has 2 aromatic rings. The highest BCUT2D eigenvalue weighted by Gasteiger charge is 2.38. The monoisotopic (exact) mass is 507 g/mol. The Morgan fingerprint density at radius 1 is 1.06 bits per heavy atom. The second-order valence-electron chi connectivity index (χ2n) is 6.36. The summed E-state index contributed by atoms with van der Waals surface area (Å²) in [7, 11) is 1.55. The molecule has 0 radical (unpaired) electrons. The molecule has 34 heavy (non-hydrogen) atoms. The van der Waals surface area contributed by atoms with Crippen LogP contribution in [0.2, 0.25) is 5.02 Å². The number of halogens is 4. The van der Waals surface area contributed by atoms with Gasteiger partial charge in [0.2, 0.25) is 5.91 Å². The number of ether oxygens (including phenoxy) is 2. The third-order valence-electron chi connectivity index (χ3n) is 3.81. The highest BCUT2D eigenvalue weighted by Crippen LogP contribution is 2.32. The van der Waals surface area contributed by atoms with Crippen molar-refractivity contribution in [3.63, 3.8) is 0 Å². The van der Waals surface area contributed by atoms with E-state index >= 15 is 0 Å². The molecule has 1 unspecified atom stereocenters. The van der Waals surface area contributed by atoms with Crippen LogP contribution in [0.4, 0.5) is 18.0 Å². The molecule has 1 atom stereocenters. The van der Waals surface area contributed by atoms with Crippen LogP contribution >= 0.6 is 11.6 Å². The van der Waals surface area contributed by atoms with Crippen molar-refractivity contribution in [1.29, 1.82) is 0 Å².